The fraction of sp³-hybridized carbons (Fsp3) is 0.545. The summed E-state index contributed by atoms with van der Waals surface area (Å²) in [6, 6.07) is -0.353. The number of hydrogen-bond donors (Lipinski definition) is 1. The minimum absolute atomic E-state index is 0.0138. The van der Waals surface area contributed by atoms with E-state index in [9.17, 15) is 9.59 Å². The van der Waals surface area contributed by atoms with Crippen LogP contribution in [0.5, 0.6) is 0 Å². The molecular formula is C11H15N3O2S. The maximum atomic E-state index is 12.1. The van der Waals surface area contributed by atoms with Crippen LogP contribution in [0.3, 0.4) is 0 Å². The summed E-state index contributed by atoms with van der Waals surface area (Å²) in [6.07, 6.45) is 3.31. The Morgan fingerprint density at radius 3 is 3.06 bits per heavy atom. The number of hydrogen-bond acceptors (Lipinski definition) is 4. The lowest BCUT2D eigenvalue weighted by molar-refractivity contribution is -0.145. The summed E-state index contributed by atoms with van der Waals surface area (Å²) in [5.41, 5.74) is 1.73. The van der Waals surface area contributed by atoms with Crippen LogP contribution in [0.15, 0.2) is 11.7 Å². The monoisotopic (exact) mass is 253 g/mol. The molecule has 0 radical (unpaired) electrons. The van der Waals surface area contributed by atoms with Crippen LogP contribution in [0.1, 0.15) is 24.6 Å². The Morgan fingerprint density at radius 1 is 1.59 bits per heavy atom. The molecule has 1 aliphatic heterocycles. The summed E-state index contributed by atoms with van der Waals surface area (Å²) in [7, 11) is 0. The third-order valence-corrected chi connectivity index (χ3v) is 3.45. The molecule has 92 valence electrons. The van der Waals surface area contributed by atoms with Gasteiger partial charge in [0, 0.05) is 11.1 Å². The zero-order valence-corrected chi connectivity index (χ0v) is 10.5. The average molecular weight is 253 g/mol. The van der Waals surface area contributed by atoms with E-state index in [2.05, 4.69) is 10.3 Å². The van der Waals surface area contributed by atoms with Gasteiger partial charge in [0.2, 0.25) is 11.8 Å². The predicted molar refractivity (Wildman–Crippen MR) is 64.4 cm³/mol. The summed E-state index contributed by atoms with van der Waals surface area (Å²) < 4.78 is 0. The van der Waals surface area contributed by atoms with Crippen molar-refractivity contribution in [1.82, 2.24) is 15.2 Å². The fourth-order valence-corrected chi connectivity index (χ4v) is 2.51. The van der Waals surface area contributed by atoms with E-state index in [1.165, 1.54) is 11.3 Å². The molecule has 1 fully saturated rings. The van der Waals surface area contributed by atoms with Crippen LogP contribution < -0.4 is 5.32 Å². The molecule has 2 rings (SSSR count). The minimum Gasteiger partial charge on any atom is -0.343 e. The molecule has 6 heteroatoms. The first-order chi connectivity index (χ1) is 8.20. The van der Waals surface area contributed by atoms with Crippen LogP contribution in [0, 0.1) is 0 Å². The number of piperazine rings is 1. The van der Waals surface area contributed by atoms with Crippen molar-refractivity contribution in [3.05, 3.63) is 16.6 Å². The Balaban J connectivity index is 2.05. The van der Waals surface area contributed by atoms with Gasteiger partial charge in [0.05, 0.1) is 18.6 Å². The number of nitrogens with one attached hydrogen (secondary N) is 1. The smallest absolute Gasteiger partial charge is 0.245 e. The van der Waals surface area contributed by atoms with E-state index in [1.54, 1.807) is 16.6 Å². The molecule has 1 aromatic rings. The van der Waals surface area contributed by atoms with Crippen LogP contribution in [-0.2, 0) is 16.1 Å². The Labute approximate surface area is 104 Å². The lowest BCUT2D eigenvalue weighted by Crippen LogP contribution is -2.57. The second-order valence-corrected chi connectivity index (χ2v) is 5.04. The second-order valence-electron chi connectivity index (χ2n) is 4.07. The lowest BCUT2D eigenvalue weighted by atomic mass is 10.1. The summed E-state index contributed by atoms with van der Waals surface area (Å²) in [5, 5.41) is 2.73. The van der Waals surface area contributed by atoms with E-state index >= 15 is 0 Å². The molecule has 1 unspecified atom stereocenters. The molecule has 0 spiro atoms. The van der Waals surface area contributed by atoms with Crippen LogP contribution >= 0.6 is 11.3 Å². The number of carbonyl (C=O) groups excluding carboxylic acids is 2. The molecule has 1 aromatic heterocycles. The summed E-state index contributed by atoms with van der Waals surface area (Å²) in [4.78, 5) is 30.2. The molecule has 1 saturated heterocycles. The maximum absolute atomic E-state index is 12.1. The molecule has 1 N–H and O–H groups in total. The van der Waals surface area contributed by atoms with Crippen molar-refractivity contribution in [2.45, 2.75) is 32.4 Å². The number of nitrogens with zero attached hydrogens (tertiary/aromatic N) is 2. The Bertz CT molecular complexity index is 405. The minimum atomic E-state index is -0.353. The highest BCUT2D eigenvalue weighted by Crippen LogP contribution is 2.14. The molecule has 0 bridgehead atoms. The average Bonchev–Trinajstić information content (AvgIpc) is 2.78. The van der Waals surface area contributed by atoms with Gasteiger partial charge in [-0.3, -0.25) is 14.6 Å². The topological polar surface area (TPSA) is 62.3 Å². The quantitative estimate of drug-likeness (QED) is 0.862. The fourth-order valence-electron chi connectivity index (χ4n) is 1.90. The third-order valence-electron chi connectivity index (χ3n) is 2.69. The summed E-state index contributed by atoms with van der Waals surface area (Å²) in [5.74, 6) is -0.0626. The van der Waals surface area contributed by atoms with Crippen LogP contribution in [0.2, 0.25) is 0 Å². The molecule has 0 aromatic carbocycles. The molecule has 5 nitrogen and oxygen atoms in total. The number of aromatic nitrogens is 1. The highest BCUT2D eigenvalue weighted by molar-refractivity contribution is 7.09. The van der Waals surface area contributed by atoms with E-state index in [0.29, 0.717) is 13.0 Å². The van der Waals surface area contributed by atoms with Gasteiger partial charge in [-0.05, 0) is 6.42 Å². The van der Waals surface area contributed by atoms with Gasteiger partial charge in [0.1, 0.15) is 6.04 Å². The van der Waals surface area contributed by atoms with Gasteiger partial charge < -0.3 is 10.2 Å². The molecule has 0 saturated carbocycles. The van der Waals surface area contributed by atoms with Crippen molar-refractivity contribution in [2.75, 3.05) is 6.54 Å². The molecular weight excluding hydrogens is 238 g/mol. The normalized spacial score (nSPS) is 20.5. The largest absolute Gasteiger partial charge is 0.343 e. The molecule has 1 aliphatic rings. The van der Waals surface area contributed by atoms with Crippen LogP contribution in [0.25, 0.3) is 0 Å². The van der Waals surface area contributed by atoms with Crippen LogP contribution in [-0.4, -0.2) is 34.3 Å². The van der Waals surface area contributed by atoms with E-state index < -0.39 is 0 Å². The Morgan fingerprint density at radius 2 is 2.41 bits per heavy atom. The van der Waals surface area contributed by atoms with E-state index in [-0.39, 0.29) is 24.4 Å². The number of carbonyl (C=O) groups is 2. The van der Waals surface area contributed by atoms with Crippen molar-refractivity contribution in [3.63, 3.8) is 0 Å². The van der Waals surface area contributed by atoms with Gasteiger partial charge in [-0.1, -0.05) is 13.3 Å². The first-order valence-corrected chi connectivity index (χ1v) is 6.54. The lowest BCUT2D eigenvalue weighted by Gasteiger charge is -2.32. The first kappa shape index (κ1) is 12.0. The Hall–Kier alpha value is -1.43. The number of thiazole rings is 1. The van der Waals surface area contributed by atoms with Crippen molar-refractivity contribution in [1.29, 1.82) is 0 Å². The highest BCUT2D eigenvalue weighted by atomic mass is 32.1. The van der Waals surface area contributed by atoms with Crippen LogP contribution in [0.4, 0.5) is 0 Å². The number of amides is 2. The molecule has 0 aliphatic carbocycles. The van der Waals surface area contributed by atoms with Crippen molar-refractivity contribution in [3.8, 4) is 0 Å². The first-order valence-electron chi connectivity index (χ1n) is 5.66. The van der Waals surface area contributed by atoms with E-state index in [0.717, 1.165) is 11.3 Å². The standard InChI is InChI=1S/C11H15N3O2S/c1-2-3-9-11(16)14(6-10(15)13-9)5-8-4-12-7-17-8/h4,7,9H,2-3,5-6H2,1H3,(H,13,15). The van der Waals surface area contributed by atoms with E-state index in [4.69, 9.17) is 0 Å². The highest BCUT2D eigenvalue weighted by Gasteiger charge is 2.31. The van der Waals surface area contributed by atoms with Crippen molar-refractivity contribution < 1.29 is 9.59 Å². The Kier molecular flexibility index (Phi) is 3.73. The van der Waals surface area contributed by atoms with Gasteiger partial charge in [0.25, 0.3) is 0 Å². The van der Waals surface area contributed by atoms with Gasteiger partial charge in [-0.2, -0.15) is 0 Å². The molecule has 2 amide bonds. The van der Waals surface area contributed by atoms with Crippen molar-refractivity contribution in [2.24, 2.45) is 0 Å². The summed E-state index contributed by atoms with van der Waals surface area (Å²) >= 11 is 1.50. The molecule has 2 heterocycles. The zero-order valence-electron chi connectivity index (χ0n) is 9.68. The zero-order chi connectivity index (χ0) is 12.3. The third kappa shape index (κ3) is 2.82. The summed E-state index contributed by atoms with van der Waals surface area (Å²) in [6.45, 7) is 2.63. The molecule has 1 atom stereocenters. The predicted octanol–water partition coefficient (Wildman–Crippen LogP) is 0.770. The second kappa shape index (κ2) is 5.27. The SMILES string of the molecule is CCCC1NC(=O)CN(Cc2cncs2)C1=O. The van der Waals surface area contributed by atoms with Gasteiger partial charge in [-0.25, -0.2) is 0 Å². The molecule has 17 heavy (non-hydrogen) atoms. The van der Waals surface area contributed by atoms with Crippen molar-refractivity contribution >= 4 is 23.2 Å². The van der Waals surface area contributed by atoms with Gasteiger partial charge >= 0.3 is 0 Å². The van der Waals surface area contributed by atoms with E-state index in [1.807, 2.05) is 6.92 Å². The maximum Gasteiger partial charge on any atom is 0.245 e. The van der Waals surface area contributed by atoms with Gasteiger partial charge in [-0.15, -0.1) is 11.3 Å². The number of rotatable bonds is 4. The van der Waals surface area contributed by atoms with Gasteiger partial charge in [0.15, 0.2) is 0 Å².